The molecule has 0 aliphatic carbocycles. The Morgan fingerprint density at radius 3 is 2.77 bits per heavy atom. The van der Waals surface area contributed by atoms with Crippen molar-refractivity contribution in [2.75, 3.05) is 38.6 Å². The van der Waals surface area contributed by atoms with E-state index in [1.54, 1.807) is 6.20 Å². The molecule has 0 aromatic carbocycles. The van der Waals surface area contributed by atoms with Crippen LogP contribution in [0.1, 0.15) is 17.0 Å². The molecule has 26 heavy (non-hydrogen) atoms. The van der Waals surface area contributed by atoms with Crippen LogP contribution in [-0.4, -0.2) is 60.7 Å². The number of amides is 1. The summed E-state index contributed by atoms with van der Waals surface area (Å²) in [6.45, 7) is 6.27. The second kappa shape index (κ2) is 7.86. The van der Waals surface area contributed by atoms with E-state index in [-0.39, 0.29) is 11.9 Å². The molecule has 1 aliphatic rings. The maximum Gasteiger partial charge on any atom is 0.224 e. The quantitative estimate of drug-likeness (QED) is 0.843. The van der Waals surface area contributed by atoms with Crippen LogP contribution in [0.25, 0.3) is 0 Å². The van der Waals surface area contributed by atoms with E-state index in [2.05, 4.69) is 39.4 Å². The lowest BCUT2D eigenvalue weighted by atomic mass is 10.0. The molecule has 3 heterocycles. The molecule has 2 atom stereocenters. The number of hydrogen-bond acceptors (Lipinski definition) is 6. The zero-order valence-corrected chi connectivity index (χ0v) is 15.9. The van der Waals surface area contributed by atoms with Crippen molar-refractivity contribution in [2.24, 2.45) is 5.92 Å². The number of hydrogen-bond donors (Lipinski definition) is 1. The minimum absolute atomic E-state index is 0.0102. The van der Waals surface area contributed by atoms with Gasteiger partial charge in [-0.25, -0.2) is 4.98 Å². The van der Waals surface area contributed by atoms with Gasteiger partial charge in [0.25, 0.3) is 0 Å². The molecule has 0 bridgehead atoms. The van der Waals surface area contributed by atoms with E-state index in [0.717, 1.165) is 36.7 Å². The number of nitrogens with zero attached hydrogens (tertiary/aromatic N) is 4. The number of carbonyl (C=O) groups is 1. The first kappa shape index (κ1) is 18.4. The zero-order valence-electron chi connectivity index (χ0n) is 15.9. The fourth-order valence-corrected chi connectivity index (χ4v) is 3.59. The minimum Gasteiger partial charge on any atom is -0.361 e. The third kappa shape index (κ3) is 4.22. The van der Waals surface area contributed by atoms with E-state index in [1.165, 1.54) is 0 Å². The average Bonchev–Trinajstić information content (AvgIpc) is 3.13. The Balaban J connectivity index is 1.68. The summed E-state index contributed by atoms with van der Waals surface area (Å²) in [6.07, 6.45) is 2.11. The molecule has 140 valence electrons. The Bertz CT molecular complexity index is 724. The Kier molecular flexibility index (Phi) is 5.56. The van der Waals surface area contributed by atoms with Crippen molar-refractivity contribution >= 4 is 11.7 Å². The smallest absolute Gasteiger partial charge is 0.224 e. The molecule has 1 fully saturated rings. The fourth-order valence-electron chi connectivity index (χ4n) is 3.59. The van der Waals surface area contributed by atoms with Crippen LogP contribution in [0, 0.1) is 19.8 Å². The standard InChI is InChI=1S/C19H27N5O2/c1-13-16(14(2)26-22-13)9-19(25)21-17-12-24(11-15(17)10-23(3)4)18-7-5-6-8-20-18/h5-8,15,17H,9-12H2,1-4H3,(H,21,25)/t15-,17-/m1/s1. The lowest BCUT2D eigenvalue weighted by molar-refractivity contribution is -0.121. The van der Waals surface area contributed by atoms with E-state index in [1.807, 2.05) is 32.0 Å². The molecule has 3 rings (SSSR count). The molecule has 1 saturated heterocycles. The van der Waals surface area contributed by atoms with Gasteiger partial charge in [-0.15, -0.1) is 0 Å². The van der Waals surface area contributed by atoms with Crippen molar-refractivity contribution in [1.82, 2.24) is 20.4 Å². The summed E-state index contributed by atoms with van der Waals surface area (Å²) in [5.41, 5.74) is 1.66. The maximum absolute atomic E-state index is 12.6. The van der Waals surface area contributed by atoms with Gasteiger partial charge >= 0.3 is 0 Å². The molecular weight excluding hydrogens is 330 g/mol. The second-order valence-corrected chi connectivity index (χ2v) is 7.27. The van der Waals surface area contributed by atoms with E-state index < -0.39 is 0 Å². The third-order valence-corrected chi connectivity index (χ3v) is 4.88. The molecule has 2 aromatic heterocycles. The number of anilines is 1. The van der Waals surface area contributed by atoms with Crippen molar-refractivity contribution < 1.29 is 9.32 Å². The summed E-state index contributed by atoms with van der Waals surface area (Å²) in [6, 6.07) is 6.01. The predicted octanol–water partition coefficient (Wildman–Crippen LogP) is 1.41. The molecular formula is C19H27N5O2. The van der Waals surface area contributed by atoms with Crippen LogP contribution in [0.5, 0.6) is 0 Å². The van der Waals surface area contributed by atoms with Crippen LogP contribution in [-0.2, 0) is 11.2 Å². The molecule has 1 amide bonds. The van der Waals surface area contributed by atoms with Crippen LogP contribution < -0.4 is 10.2 Å². The summed E-state index contributed by atoms with van der Waals surface area (Å²) in [5, 5.41) is 7.15. The molecule has 7 nitrogen and oxygen atoms in total. The highest BCUT2D eigenvalue weighted by Gasteiger charge is 2.34. The molecule has 0 spiro atoms. The SMILES string of the molecule is Cc1noc(C)c1CC(=O)N[C@@H]1CN(c2ccccn2)C[C@H]1CN(C)C. The van der Waals surface area contributed by atoms with Crippen molar-refractivity contribution in [1.29, 1.82) is 0 Å². The van der Waals surface area contributed by atoms with Crippen molar-refractivity contribution in [3.63, 3.8) is 0 Å². The minimum atomic E-state index is 0.0102. The van der Waals surface area contributed by atoms with E-state index in [9.17, 15) is 4.79 Å². The highest BCUT2D eigenvalue weighted by molar-refractivity contribution is 5.79. The Morgan fingerprint density at radius 2 is 2.15 bits per heavy atom. The van der Waals surface area contributed by atoms with Gasteiger partial charge in [-0.05, 0) is 40.1 Å². The zero-order chi connectivity index (χ0) is 18.7. The van der Waals surface area contributed by atoms with Crippen LogP contribution in [0.4, 0.5) is 5.82 Å². The lowest BCUT2D eigenvalue weighted by Crippen LogP contribution is -2.44. The number of aryl methyl sites for hydroxylation is 2. The van der Waals surface area contributed by atoms with E-state index in [0.29, 0.717) is 18.1 Å². The molecule has 0 radical (unpaired) electrons. The van der Waals surface area contributed by atoms with Crippen molar-refractivity contribution in [3.8, 4) is 0 Å². The maximum atomic E-state index is 12.6. The van der Waals surface area contributed by atoms with Crippen LogP contribution in [0.3, 0.4) is 0 Å². The first-order valence-corrected chi connectivity index (χ1v) is 8.96. The number of nitrogens with one attached hydrogen (secondary N) is 1. The average molecular weight is 357 g/mol. The fraction of sp³-hybridized carbons (Fsp3) is 0.526. The predicted molar refractivity (Wildman–Crippen MR) is 100 cm³/mol. The highest BCUT2D eigenvalue weighted by atomic mass is 16.5. The normalized spacial score (nSPS) is 20.0. The van der Waals surface area contributed by atoms with Crippen LogP contribution >= 0.6 is 0 Å². The van der Waals surface area contributed by atoms with Gasteiger partial charge in [-0.2, -0.15) is 0 Å². The molecule has 1 aliphatic heterocycles. The summed E-state index contributed by atoms with van der Waals surface area (Å²) >= 11 is 0. The molecule has 1 N–H and O–H groups in total. The summed E-state index contributed by atoms with van der Waals surface area (Å²) in [4.78, 5) is 21.5. The number of carbonyl (C=O) groups excluding carboxylic acids is 1. The van der Waals surface area contributed by atoms with Gasteiger partial charge in [-0.1, -0.05) is 11.2 Å². The molecule has 7 heteroatoms. The lowest BCUT2D eigenvalue weighted by Gasteiger charge is -2.22. The molecule has 2 aromatic rings. The highest BCUT2D eigenvalue weighted by Crippen LogP contribution is 2.23. The molecule has 0 unspecified atom stereocenters. The second-order valence-electron chi connectivity index (χ2n) is 7.27. The topological polar surface area (TPSA) is 74.5 Å². The summed E-state index contributed by atoms with van der Waals surface area (Å²) in [7, 11) is 4.12. The van der Waals surface area contributed by atoms with Gasteiger partial charge in [0.2, 0.25) is 5.91 Å². The summed E-state index contributed by atoms with van der Waals surface area (Å²) in [5.74, 6) is 2.03. The van der Waals surface area contributed by atoms with E-state index in [4.69, 9.17) is 4.52 Å². The summed E-state index contributed by atoms with van der Waals surface area (Å²) < 4.78 is 5.16. The van der Waals surface area contributed by atoms with Gasteiger partial charge < -0.3 is 19.6 Å². The largest absolute Gasteiger partial charge is 0.361 e. The van der Waals surface area contributed by atoms with E-state index >= 15 is 0 Å². The van der Waals surface area contributed by atoms with Gasteiger partial charge in [0.1, 0.15) is 11.6 Å². The van der Waals surface area contributed by atoms with Crippen LogP contribution in [0.15, 0.2) is 28.9 Å². The number of aromatic nitrogens is 2. The number of pyridine rings is 1. The third-order valence-electron chi connectivity index (χ3n) is 4.88. The van der Waals surface area contributed by atoms with Crippen LogP contribution in [0.2, 0.25) is 0 Å². The van der Waals surface area contributed by atoms with Crippen molar-refractivity contribution in [2.45, 2.75) is 26.3 Å². The first-order chi connectivity index (χ1) is 12.4. The number of rotatable bonds is 6. The first-order valence-electron chi connectivity index (χ1n) is 8.96. The monoisotopic (exact) mass is 357 g/mol. The molecule has 0 saturated carbocycles. The van der Waals surface area contributed by atoms with Gasteiger partial charge in [0.15, 0.2) is 0 Å². The Hall–Kier alpha value is -2.41. The van der Waals surface area contributed by atoms with Gasteiger partial charge in [-0.3, -0.25) is 4.79 Å². The van der Waals surface area contributed by atoms with Crippen molar-refractivity contribution in [3.05, 3.63) is 41.4 Å². The van der Waals surface area contributed by atoms with Gasteiger partial charge in [0.05, 0.1) is 18.2 Å². The van der Waals surface area contributed by atoms with Gasteiger partial charge in [0, 0.05) is 37.3 Å². The Labute approximate surface area is 154 Å². The Morgan fingerprint density at radius 1 is 1.35 bits per heavy atom.